The Hall–Kier alpha value is -1.63. The summed E-state index contributed by atoms with van der Waals surface area (Å²) in [7, 11) is 2.16. The average molecular weight is 318 g/mol. The minimum absolute atomic E-state index is 0.0614. The summed E-state index contributed by atoms with van der Waals surface area (Å²) < 4.78 is 5.86. The van der Waals surface area contributed by atoms with Gasteiger partial charge in [0.1, 0.15) is 0 Å². The van der Waals surface area contributed by atoms with Crippen molar-refractivity contribution in [1.82, 2.24) is 19.7 Å². The molecule has 2 saturated heterocycles. The number of amides is 1. The lowest BCUT2D eigenvalue weighted by molar-refractivity contribution is -0.134. The van der Waals surface area contributed by atoms with Crippen LogP contribution in [0.1, 0.15) is 5.69 Å². The number of aromatic amines is 1. The first-order chi connectivity index (χ1) is 11.2. The van der Waals surface area contributed by atoms with Crippen molar-refractivity contribution in [2.45, 2.75) is 6.10 Å². The van der Waals surface area contributed by atoms with Crippen LogP contribution in [0.2, 0.25) is 0 Å². The molecule has 3 heterocycles. The van der Waals surface area contributed by atoms with Gasteiger partial charge in [0.05, 0.1) is 12.7 Å². The van der Waals surface area contributed by atoms with Gasteiger partial charge in [-0.1, -0.05) is 0 Å². The maximum atomic E-state index is 12.3. The molecule has 1 amide bonds. The molecule has 23 heavy (non-hydrogen) atoms. The van der Waals surface area contributed by atoms with Crippen LogP contribution in [0.5, 0.6) is 0 Å². The molecule has 1 aromatic heterocycles. The molecular weight excluding hydrogens is 292 g/mol. The molecule has 0 aliphatic carbocycles. The predicted octanol–water partition coefficient (Wildman–Crippen LogP) is 0.503. The van der Waals surface area contributed by atoms with Gasteiger partial charge in [0.2, 0.25) is 5.91 Å². The van der Waals surface area contributed by atoms with Crippen molar-refractivity contribution in [3.05, 3.63) is 30.1 Å². The zero-order chi connectivity index (χ0) is 16.1. The molecule has 2 aliphatic rings. The van der Waals surface area contributed by atoms with E-state index >= 15 is 0 Å². The third-order valence-electron chi connectivity index (χ3n) is 4.54. The number of carbonyl (C=O) groups excluding carboxylic acids is 1. The summed E-state index contributed by atoms with van der Waals surface area (Å²) in [6, 6.07) is 3.87. The van der Waals surface area contributed by atoms with Crippen molar-refractivity contribution in [2.24, 2.45) is 0 Å². The Kier molecular flexibility index (Phi) is 5.48. The van der Waals surface area contributed by atoms with Crippen LogP contribution in [0.4, 0.5) is 0 Å². The van der Waals surface area contributed by atoms with E-state index in [1.165, 1.54) is 0 Å². The molecule has 1 unspecified atom stereocenters. The SMILES string of the molecule is CN1CCN(CC2CN(C(=O)/C=C/c3ccc[nH]3)CCO2)CC1. The fraction of sp³-hybridized carbons (Fsp3) is 0.588. The van der Waals surface area contributed by atoms with E-state index in [0.717, 1.165) is 38.4 Å². The van der Waals surface area contributed by atoms with Crippen LogP contribution in [0.25, 0.3) is 6.08 Å². The van der Waals surface area contributed by atoms with E-state index in [2.05, 4.69) is 21.8 Å². The Labute approximate surface area is 137 Å². The highest BCUT2D eigenvalue weighted by atomic mass is 16.5. The van der Waals surface area contributed by atoms with Gasteiger partial charge in [0, 0.05) is 63.8 Å². The zero-order valence-corrected chi connectivity index (χ0v) is 13.8. The second-order valence-corrected chi connectivity index (χ2v) is 6.34. The van der Waals surface area contributed by atoms with Gasteiger partial charge in [-0.25, -0.2) is 0 Å². The minimum Gasteiger partial charge on any atom is -0.373 e. The monoisotopic (exact) mass is 318 g/mol. The van der Waals surface area contributed by atoms with E-state index in [1.807, 2.05) is 29.3 Å². The van der Waals surface area contributed by atoms with Crippen LogP contribution in [0, 0.1) is 0 Å². The molecule has 1 N–H and O–H groups in total. The number of likely N-dealkylation sites (N-methyl/N-ethyl adjacent to an activating group) is 1. The van der Waals surface area contributed by atoms with Crippen LogP contribution >= 0.6 is 0 Å². The van der Waals surface area contributed by atoms with Gasteiger partial charge in [-0.05, 0) is 25.3 Å². The van der Waals surface area contributed by atoms with E-state index in [1.54, 1.807) is 6.08 Å². The zero-order valence-electron chi connectivity index (χ0n) is 13.8. The summed E-state index contributed by atoms with van der Waals surface area (Å²) in [5.74, 6) is 0.0614. The summed E-state index contributed by atoms with van der Waals surface area (Å²) in [5.41, 5.74) is 0.945. The van der Waals surface area contributed by atoms with Gasteiger partial charge in [-0.3, -0.25) is 9.69 Å². The number of morpholine rings is 1. The highest BCUT2D eigenvalue weighted by molar-refractivity contribution is 5.91. The lowest BCUT2D eigenvalue weighted by Crippen LogP contribution is -2.52. The molecule has 3 rings (SSSR count). The number of nitrogens with one attached hydrogen (secondary N) is 1. The summed E-state index contributed by atoms with van der Waals surface area (Å²) in [6.07, 6.45) is 5.44. The Bertz CT molecular complexity index is 521. The lowest BCUT2D eigenvalue weighted by atomic mass is 10.2. The van der Waals surface area contributed by atoms with Crippen molar-refractivity contribution in [3.8, 4) is 0 Å². The maximum Gasteiger partial charge on any atom is 0.246 e. The van der Waals surface area contributed by atoms with E-state index in [4.69, 9.17) is 4.74 Å². The second-order valence-electron chi connectivity index (χ2n) is 6.34. The number of hydrogen-bond acceptors (Lipinski definition) is 4. The standard InChI is InChI=1S/C17H26N4O2/c1-19-7-9-20(10-8-19)13-16-14-21(11-12-23-16)17(22)5-4-15-3-2-6-18-15/h2-6,16,18H,7-14H2,1H3/b5-4+. The van der Waals surface area contributed by atoms with E-state index in [9.17, 15) is 4.79 Å². The summed E-state index contributed by atoms with van der Waals surface area (Å²) in [5, 5.41) is 0. The fourth-order valence-electron chi connectivity index (χ4n) is 3.06. The molecular formula is C17H26N4O2. The van der Waals surface area contributed by atoms with Gasteiger partial charge in [-0.15, -0.1) is 0 Å². The predicted molar refractivity (Wildman–Crippen MR) is 90.1 cm³/mol. The number of hydrogen-bond donors (Lipinski definition) is 1. The number of aromatic nitrogens is 1. The number of rotatable bonds is 4. The van der Waals surface area contributed by atoms with Gasteiger partial charge in [-0.2, -0.15) is 0 Å². The first-order valence-electron chi connectivity index (χ1n) is 8.33. The second kappa shape index (κ2) is 7.77. The molecule has 0 spiro atoms. The Morgan fingerprint density at radius 1 is 1.35 bits per heavy atom. The summed E-state index contributed by atoms with van der Waals surface area (Å²) >= 11 is 0. The van der Waals surface area contributed by atoms with Crippen LogP contribution in [0.15, 0.2) is 24.4 Å². The molecule has 6 heteroatoms. The first-order valence-corrected chi connectivity index (χ1v) is 8.33. The third-order valence-corrected chi connectivity index (χ3v) is 4.54. The summed E-state index contributed by atoms with van der Waals surface area (Å²) in [6.45, 7) is 7.27. The van der Waals surface area contributed by atoms with Crippen LogP contribution < -0.4 is 0 Å². The van der Waals surface area contributed by atoms with E-state index in [0.29, 0.717) is 19.7 Å². The van der Waals surface area contributed by atoms with Gasteiger partial charge < -0.3 is 19.5 Å². The topological polar surface area (TPSA) is 51.8 Å². The van der Waals surface area contributed by atoms with Crippen molar-refractivity contribution in [2.75, 3.05) is 59.5 Å². The molecule has 126 valence electrons. The molecule has 0 bridgehead atoms. The smallest absolute Gasteiger partial charge is 0.246 e. The summed E-state index contributed by atoms with van der Waals surface area (Å²) in [4.78, 5) is 22.1. The Balaban J connectivity index is 1.48. The molecule has 6 nitrogen and oxygen atoms in total. The first kappa shape index (κ1) is 16.2. The molecule has 0 saturated carbocycles. The average Bonchev–Trinajstić information content (AvgIpc) is 3.08. The number of piperazine rings is 1. The maximum absolute atomic E-state index is 12.3. The van der Waals surface area contributed by atoms with Crippen LogP contribution in [0.3, 0.4) is 0 Å². The van der Waals surface area contributed by atoms with Crippen molar-refractivity contribution >= 4 is 12.0 Å². The van der Waals surface area contributed by atoms with Crippen molar-refractivity contribution < 1.29 is 9.53 Å². The third kappa shape index (κ3) is 4.67. The Morgan fingerprint density at radius 2 is 2.17 bits per heavy atom. The van der Waals surface area contributed by atoms with E-state index in [-0.39, 0.29) is 12.0 Å². The quantitative estimate of drug-likeness (QED) is 0.822. The normalized spacial score (nSPS) is 24.4. The van der Waals surface area contributed by atoms with Gasteiger partial charge in [0.25, 0.3) is 0 Å². The van der Waals surface area contributed by atoms with Crippen LogP contribution in [-0.4, -0.2) is 91.2 Å². The number of H-pyrrole nitrogens is 1. The largest absolute Gasteiger partial charge is 0.373 e. The highest BCUT2D eigenvalue weighted by Crippen LogP contribution is 2.10. The van der Waals surface area contributed by atoms with Crippen molar-refractivity contribution in [1.29, 1.82) is 0 Å². The molecule has 1 atom stereocenters. The number of carbonyl (C=O) groups is 1. The lowest BCUT2D eigenvalue weighted by Gasteiger charge is -2.38. The van der Waals surface area contributed by atoms with Gasteiger partial charge in [0.15, 0.2) is 0 Å². The molecule has 0 aromatic carbocycles. The highest BCUT2D eigenvalue weighted by Gasteiger charge is 2.25. The molecule has 0 radical (unpaired) electrons. The minimum atomic E-state index is 0.0614. The molecule has 1 aromatic rings. The number of nitrogens with zero attached hydrogens (tertiary/aromatic N) is 3. The Morgan fingerprint density at radius 3 is 2.91 bits per heavy atom. The fourth-order valence-corrected chi connectivity index (χ4v) is 3.06. The molecule has 2 fully saturated rings. The van der Waals surface area contributed by atoms with Gasteiger partial charge >= 0.3 is 0 Å². The van der Waals surface area contributed by atoms with E-state index < -0.39 is 0 Å². The van der Waals surface area contributed by atoms with Crippen LogP contribution in [-0.2, 0) is 9.53 Å². The number of ether oxygens (including phenoxy) is 1. The molecule has 2 aliphatic heterocycles. The van der Waals surface area contributed by atoms with Crippen molar-refractivity contribution in [3.63, 3.8) is 0 Å².